The molecule has 11 heteroatoms. The Bertz CT molecular complexity index is 1350. The van der Waals surface area contributed by atoms with Gasteiger partial charge in [-0.25, -0.2) is 12.8 Å². The van der Waals surface area contributed by atoms with Gasteiger partial charge < -0.3 is 14.5 Å². The van der Waals surface area contributed by atoms with Crippen LogP contribution in [0.25, 0.3) is 22.4 Å². The van der Waals surface area contributed by atoms with Crippen LogP contribution in [0.15, 0.2) is 34.7 Å². The number of hydrogen-bond donors (Lipinski definition) is 1. The molecular formula is C25H30FN3O6S. The lowest BCUT2D eigenvalue weighted by atomic mass is 10.0. The molecule has 9 nitrogen and oxygen atoms in total. The molecule has 1 N–H and O–H groups in total. The van der Waals surface area contributed by atoms with Crippen molar-refractivity contribution in [2.24, 2.45) is 0 Å². The number of nitrogens with one attached hydrogen (secondary N) is 1. The molecule has 0 saturated heterocycles. The second kappa shape index (κ2) is 11.5. The Morgan fingerprint density at radius 3 is 2.47 bits per heavy atom. The minimum Gasteiger partial charge on any atom is -0.466 e. The number of anilines is 1. The number of fused-ring (bicyclic) bond motifs is 1. The number of rotatable bonds is 11. The Morgan fingerprint density at radius 2 is 1.86 bits per heavy atom. The standard InChI is InChI=1S/C25H30FN3O6S/c1-5-27-24(31)21-19-15-17(9-7-8-10-20(30)34-6-2)23(29(3)36(4,32)33)28-25(19)35-22(21)16-11-13-18(26)14-12-16/h11-15H,5-10H2,1-4H3,(H,27,31). The van der Waals surface area contributed by atoms with Gasteiger partial charge in [-0.1, -0.05) is 0 Å². The van der Waals surface area contributed by atoms with Crippen molar-refractivity contribution in [2.75, 3.05) is 30.8 Å². The van der Waals surface area contributed by atoms with Crippen molar-refractivity contribution in [1.82, 2.24) is 10.3 Å². The quantitative estimate of drug-likeness (QED) is 0.300. The highest BCUT2D eigenvalue weighted by atomic mass is 32.2. The average Bonchev–Trinajstić information content (AvgIpc) is 3.19. The first-order chi connectivity index (χ1) is 17.1. The maximum absolute atomic E-state index is 13.5. The van der Waals surface area contributed by atoms with Gasteiger partial charge in [0.25, 0.3) is 5.91 Å². The second-order valence-corrected chi connectivity index (χ2v) is 10.3. The van der Waals surface area contributed by atoms with Gasteiger partial charge in [0, 0.05) is 25.6 Å². The molecule has 194 valence electrons. The zero-order valence-electron chi connectivity index (χ0n) is 20.8. The van der Waals surface area contributed by atoms with E-state index in [-0.39, 0.29) is 35.2 Å². The molecule has 36 heavy (non-hydrogen) atoms. The highest BCUT2D eigenvalue weighted by molar-refractivity contribution is 7.92. The van der Waals surface area contributed by atoms with E-state index < -0.39 is 21.7 Å². The highest BCUT2D eigenvalue weighted by Crippen LogP contribution is 2.36. The fourth-order valence-electron chi connectivity index (χ4n) is 3.77. The summed E-state index contributed by atoms with van der Waals surface area (Å²) in [7, 11) is -2.26. The fourth-order valence-corrected chi connectivity index (χ4v) is 4.24. The molecule has 0 spiro atoms. The number of ether oxygens (including phenoxy) is 1. The van der Waals surface area contributed by atoms with Crippen LogP contribution in [0.1, 0.15) is 49.0 Å². The maximum atomic E-state index is 13.5. The monoisotopic (exact) mass is 519 g/mol. The van der Waals surface area contributed by atoms with Crippen LogP contribution in [0.3, 0.4) is 0 Å². The zero-order valence-corrected chi connectivity index (χ0v) is 21.6. The number of halogens is 1. The minimum atomic E-state index is -3.65. The third kappa shape index (κ3) is 6.20. The van der Waals surface area contributed by atoms with Gasteiger partial charge in [0.1, 0.15) is 17.4 Å². The molecule has 0 fully saturated rings. The fraction of sp³-hybridized carbons (Fsp3) is 0.400. The lowest BCUT2D eigenvalue weighted by Gasteiger charge is -2.19. The van der Waals surface area contributed by atoms with E-state index in [1.54, 1.807) is 19.9 Å². The number of amides is 1. The van der Waals surface area contributed by atoms with Crippen molar-refractivity contribution in [3.63, 3.8) is 0 Å². The third-order valence-corrected chi connectivity index (χ3v) is 6.76. The summed E-state index contributed by atoms with van der Waals surface area (Å²) in [6.07, 6.45) is 2.81. The molecule has 0 atom stereocenters. The van der Waals surface area contributed by atoms with E-state index in [0.717, 1.165) is 10.6 Å². The van der Waals surface area contributed by atoms with Crippen molar-refractivity contribution in [2.45, 2.75) is 39.5 Å². The van der Waals surface area contributed by atoms with E-state index in [9.17, 15) is 22.4 Å². The molecule has 0 aliphatic carbocycles. The van der Waals surface area contributed by atoms with Crippen LogP contribution in [0, 0.1) is 5.82 Å². The topological polar surface area (TPSA) is 119 Å². The van der Waals surface area contributed by atoms with E-state index in [4.69, 9.17) is 9.15 Å². The van der Waals surface area contributed by atoms with Crippen molar-refractivity contribution in [3.8, 4) is 11.3 Å². The van der Waals surface area contributed by atoms with Crippen molar-refractivity contribution < 1.29 is 31.6 Å². The number of benzene rings is 1. The lowest BCUT2D eigenvalue weighted by Crippen LogP contribution is -2.27. The summed E-state index contributed by atoms with van der Waals surface area (Å²) < 4.78 is 50.1. The van der Waals surface area contributed by atoms with Gasteiger partial charge in [0.2, 0.25) is 15.7 Å². The first kappa shape index (κ1) is 27.1. The van der Waals surface area contributed by atoms with Crippen LogP contribution < -0.4 is 9.62 Å². The van der Waals surface area contributed by atoms with Gasteiger partial charge in [-0.2, -0.15) is 4.98 Å². The molecule has 2 heterocycles. The molecule has 2 aromatic heterocycles. The molecule has 0 radical (unpaired) electrons. The molecule has 0 saturated carbocycles. The number of nitrogens with zero attached hydrogens (tertiary/aromatic N) is 2. The van der Waals surface area contributed by atoms with Crippen LogP contribution in [0.5, 0.6) is 0 Å². The summed E-state index contributed by atoms with van der Waals surface area (Å²) >= 11 is 0. The number of hydrogen-bond acceptors (Lipinski definition) is 7. The molecule has 0 aliphatic rings. The molecule has 1 amide bonds. The van der Waals surface area contributed by atoms with E-state index in [1.807, 2.05) is 0 Å². The van der Waals surface area contributed by atoms with Gasteiger partial charge in [-0.05, 0) is 69.0 Å². The van der Waals surface area contributed by atoms with Crippen LogP contribution >= 0.6 is 0 Å². The van der Waals surface area contributed by atoms with E-state index in [1.165, 1.54) is 31.3 Å². The normalized spacial score (nSPS) is 11.5. The molecule has 0 aliphatic heterocycles. The number of aryl methyl sites for hydroxylation is 1. The van der Waals surface area contributed by atoms with Gasteiger partial charge in [0.15, 0.2) is 0 Å². The van der Waals surface area contributed by atoms with Gasteiger partial charge in [-0.15, -0.1) is 0 Å². The largest absolute Gasteiger partial charge is 0.466 e. The predicted molar refractivity (Wildman–Crippen MR) is 135 cm³/mol. The number of carbonyl (C=O) groups excluding carboxylic acids is 2. The minimum absolute atomic E-state index is 0.0800. The average molecular weight is 520 g/mol. The Labute approximate surface area is 209 Å². The number of pyridine rings is 1. The number of sulfonamides is 1. The maximum Gasteiger partial charge on any atom is 0.305 e. The predicted octanol–water partition coefficient (Wildman–Crippen LogP) is 4.06. The Hall–Kier alpha value is -3.47. The van der Waals surface area contributed by atoms with Crippen LogP contribution in [-0.4, -0.2) is 51.7 Å². The summed E-state index contributed by atoms with van der Waals surface area (Å²) in [5.74, 6) is -0.750. The molecule has 1 aromatic carbocycles. The number of aromatic nitrogens is 1. The highest BCUT2D eigenvalue weighted by Gasteiger charge is 2.26. The summed E-state index contributed by atoms with van der Waals surface area (Å²) in [6, 6.07) is 7.21. The summed E-state index contributed by atoms with van der Waals surface area (Å²) in [5, 5.41) is 3.17. The molecular weight excluding hydrogens is 489 g/mol. The molecule has 3 aromatic rings. The molecule has 3 rings (SSSR count). The van der Waals surface area contributed by atoms with Crippen LogP contribution in [0.4, 0.5) is 10.2 Å². The third-order valence-electron chi connectivity index (χ3n) is 5.59. The van der Waals surface area contributed by atoms with E-state index in [2.05, 4.69) is 10.3 Å². The smallest absolute Gasteiger partial charge is 0.305 e. The summed E-state index contributed by atoms with van der Waals surface area (Å²) in [5.41, 5.74) is 1.37. The van der Waals surface area contributed by atoms with Crippen LogP contribution in [-0.2, 0) is 26.0 Å². The van der Waals surface area contributed by atoms with E-state index in [0.29, 0.717) is 48.9 Å². The summed E-state index contributed by atoms with van der Waals surface area (Å²) in [6.45, 7) is 4.20. The molecule has 0 bridgehead atoms. The first-order valence-corrected chi connectivity index (χ1v) is 13.5. The van der Waals surface area contributed by atoms with E-state index >= 15 is 0 Å². The second-order valence-electron chi connectivity index (χ2n) is 8.24. The SMILES string of the molecule is CCNC(=O)c1c(-c2ccc(F)cc2)oc2nc(N(C)S(C)(=O)=O)c(CCCCC(=O)OCC)cc12. The van der Waals surface area contributed by atoms with Crippen molar-refractivity contribution in [3.05, 3.63) is 47.3 Å². The van der Waals surface area contributed by atoms with Gasteiger partial charge in [0.05, 0.1) is 23.8 Å². The molecule has 0 unspecified atom stereocenters. The zero-order chi connectivity index (χ0) is 26.5. The number of furan rings is 1. The van der Waals surface area contributed by atoms with Gasteiger partial charge in [-0.3, -0.25) is 13.9 Å². The van der Waals surface area contributed by atoms with Crippen LogP contribution in [0.2, 0.25) is 0 Å². The first-order valence-electron chi connectivity index (χ1n) is 11.7. The van der Waals surface area contributed by atoms with Gasteiger partial charge >= 0.3 is 5.97 Å². The van der Waals surface area contributed by atoms with Crippen molar-refractivity contribution >= 4 is 38.8 Å². The summed E-state index contributed by atoms with van der Waals surface area (Å²) in [4.78, 5) is 29.2. The number of carbonyl (C=O) groups is 2. The lowest BCUT2D eigenvalue weighted by molar-refractivity contribution is -0.143. The number of esters is 1. The Balaban J connectivity index is 2.12. The Morgan fingerprint density at radius 1 is 1.17 bits per heavy atom. The number of unbranched alkanes of at least 4 members (excludes halogenated alkanes) is 1. The Kier molecular flexibility index (Phi) is 8.67. The van der Waals surface area contributed by atoms with Crippen molar-refractivity contribution in [1.29, 1.82) is 0 Å².